The van der Waals surface area contributed by atoms with Crippen molar-refractivity contribution in [2.24, 2.45) is 39.1 Å². The van der Waals surface area contributed by atoms with Gasteiger partial charge in [0.05, 0.1) is 6.42 Å². The second kappa shape index (κ2) is 15.3. The molecule has 0 unspecified atom stereocenters. The molecule has 0 bridgehead atoms. The molecule has 0 saturated heterocycles. The highest BCUT2D eigenvalue weighted by Gasteiger charge is 2.14. The molecule has 1 saturated carbocycles. The van der Waals surface area contributed by atoms with Gasteiger partial charge in [0.2, 0.25) is 5.91 Å². The molecule has 2 aromatic rings. The minimum absolute atomic E-state index is 0.122. The Labute approximate surface area is 219 Å². The van der Waals surface area contributed by atoms with Crippen LogP contribution in [0, 0.1) is 19.8 Å². The number of carbonyl (C=O) groups excluding carboxylic acids is 2. The molecule has 9 N–H and O–H groups in total. The summed E-state index contributed by atoms with van der Waals surface area (Å²) in [5.74, 6) is 5.83. The first-order valence-electron chi connectivity index (χ1n) is 12.8. The molecule has 9 heteroatoms. The summed E-state index contributed by atoms with van der Waals surface area (Å²) in [6.07, 6.45) is 8.44. The van der Waals surface area contributed by atoms with Crippen molar-refractivity contribution < 1.29 is 9.59 Å². The van der Waals surface area contributed by atoms with Crippen LogP contribution in [0.3, 0.4) is 0 Å². The van der Waals surface area contributed by atoms with Crippen molar-refractivity contribution in [3.8, 4) is 0 Å². The zero-order valence-electron chi connectivity index (χ0n) is 22.0. The molecule has 2 amide bonds. The molecule has 1 aliphatic rings. The number of nitrogens with two attached hydrogens (primary N) is 4. The van der Waals surface area contributed by atoms with Crippen LogP contribution in [0.5, 0.6) is 0 Å². The Morgan fingerprint density at radius 3 is 2.32 bits per heavy atom. The molecule has 0 spiro atoms. The third-order valence-corrected chi connectivity index (χ3v) is 6.54. The smallest absolute Gasteiger partial charge is 0.253 e. The molecule has 0 atom stereocenters. The normalized spacial score (nSPS) is 13.7. The lowest BCUT2D eigenvalue weighted by Gasteiger charge is -2.21. The summed E-state index contributed by atoms with van der Waals surface area (Å²) in [5, 5.41) is 6.46. The van der Waals surface area contributed by atoms with E-state index < -0.39 is 0 Å². The van der Waals surface area contributed by atoms with Gasteiger partial charge in [0.1, 0.15) is 5.84 Å². The Kier molecular flexibility index (Phi) is 12.1. The van der Waals surface area contributed by atoms with Gasteiger partial charge in [0, 0.05) is 18.5 Å². The predicted octanol–water partition coefficient (Wildman–Crippen LogP) is 2.89. The highest BCUT2D eigenvalue weighted by molar-refractivity contribution is 5.97. The van der Waals surface area contributed by atoms with Crippen LogP contribution in [0.4, 0.5) is 0 Å². The summed E-state index contributed by atoms with van der Waals surface area (Å²) in [4.78, 5) is 26.7. The Morgan fingerprint density at radius 2 is 1.68 bits per heavy atom. The second-order valence-electron chi connectivity index (χ2n) is 9.56. The van der Waals surface area contributed by atoms with E-state index in [4.69, 9.17) is 23.0 Å². The number of hydrogen-bond acceptors (Lipinski definition) is 4. The van der Waals surface area contributed by atoms with E-state index in [2.05, 4.69) is 15.4 Å². The Morgan fingerprint density at radius 1 is 0.946 bits per heavy atom. The van der Waals surface area contributed by atoms with Crippen molar-refractivity contribution in [2.75, 3.05) is 0 Å². The molecule has 1 fully saturated rings. The highest BCUT2D eigenvalue weighted by atomic mass is 16.2. The number of aliphatic imine (C=N–C) groups is 1. The van der Waals surface area contributed by atoms with Crippen LogP contribution in [0.25, 0.3) is 0 Å². The van der Waals surface area contributed by atoms with Gasteiger partial charge in [-0.3, -0.25) is 9.59 Å². The molecule has 0 radical (unpaired) electrons. The van der Waals surface area contributed by atoms with E-state index in [1.54, 1.807) is 0 Å². The van der Waals surface area contributed by atoms with Gasteiger partial charge in [0.25, 0.3) is 5.91 Å². The van der Waals surface area contributed by atoms with Crippen molar-refractivity contribution in [1.82, 2.24) is 5.32 Å². The number of aryl methyl sites for hydroxylation is 2. The van der Waals surface area contributed by atoms with E-state index in [0.29, 0.717) is 18.8 Å². The first-order chi connectivity index (χ1) is 17.7. The molecule has 9 nitrogen and oxygen atoms in total. The lowest BCUT2D eigenvalue weighted by molar-refractivity contribution is -0.121. The van der Waals surface area contributed by atoms with Crippen molar-refractivity contribution in [3.05, 3.63) is 70.3 Å². The summed E-state index contributed by atoms with van der Waals surface area (Å²) in [6.45, 7) is 4.54. The van der Waals surface area contributed by atoms with Gasteiger partial charge in [-0.15, -0.1) is 0 Å². The topological polar surface area (TPSA) is 175 Å². The average Bonchev–Trinajstić information content (AvgIpc) is 2.88. The number of benzene rings is 2. The summed E-state index contributed by atoms with van der Waals surface area (Å²) in [5.41, 5.74) is 21.0. The number of amides is 2. The lowest BCUT2D eigenvalue weighted by Crippen LogP contribution is -2.24. The number of hydrogen-bond donors (Lipinski definition) is 5. The highest BCUT2D eigenvalue weighted by Crippen LogP contribution is 2.27. The van der Waals surface area contributed by atoms with E-state index >= 15 is 0 Å². The average molecular weight is 508 g/mol. The first-order valence-corrected chi connectivity index (χ1v) is 12.8. The van der Waals surface area contributed by atoms with E-state index in [9.17, 15) is 9.59 Å². The van der Waals surface area contributed by atoms with E-state index in [1.807, 2.05) is 56.3 Å². The second-order valence-corrected chi connectivity index (χ2v) is 9.56. The van der Waals surface area contributed by atoms with Crippen molar-refractivity contribution in [1.29, 1.82) is 0 Å². The third-order valence-electron chi connectivity index (χ3n) is 6.54. The molecule has 37 heavy (non-hydrogen) atoms. The zero-order chi connectivity index (χ0) is 27.2. The largest absolute Gasteiger partial charge is 0.382 e. The molecule has 0 heterocycles. The fourth-order valence-corrected chi connectivity index (χ4v) is 4.29. The SMILES string of the molecule is Cc1ccc(CC(=O)N=C(N)N)cc1C.N/N=C(\N)c1cccc(CNC(=O)CCC2CCCCC2)c1. The molecule has 0 aromatic heterocycles. The molecular formula is C28H41N7O2. The first kappa shape index (κ1) is 29.4. The van der Waals surface area contributed by atoms with Crippen LogP contribution in [0.1, 0.15) is 72.8 Å². The fourth-order valence-electron chi connectivity index (χ4n) is 4.29. The van der Waals surface area contributed by atoms with Gasteiger partial charge in [-0.25, -0.2) is 0 Å². The van der Waals surface area contributed by atoms with E-state index in [1.165, 1.54) is 37.7 Å². The maximum atomic E-state index is 12.0. The summed E-state index contributed by atoms with van der Waals surface area (Å²) < 4.78 is 0. The quantitative estimate of drug-likeness (QED) is 0.159. The number of nitrogens with one attached hydrogen (secondary N) is 1. The van der Waals surface area contributed by atoms with Crippen molar-refractivity contribution in [2.45, 2.75) is 71.8 Å². The molecule has 1 aliphatic carbocycles. The summed E-state index contributed by atoms with van der Waals surface area (Å²) in [6, 6.07) is 13.4. The van der Waals surface area contributed by atoms with Crippen LogP contribution < -0.4 is 28.4 Å². The zero-order valence-corrected chi connectivity index (χ0v) is 22.0. The molecule has 0 aliphatic heterocycles. The maximum absolute atomic E-state index is 12.0. The van der Waals surface area contributed by atoms with Crippen LogP contribution in [0.15, 0.2) is 52.6 Å². The molecule has 3 rings (SSSR count). The standard InChI is InChI=1S/C17H26N4O.C11H15N3O/c18-17(21-19)15-8-4-7-14(11-15)12-20-16(22)10-9-13-5-2-1-3-6-13;1-7-3-4-9(5-8(7)2)6-10(15)14-11(12)13/h4,7-8,11,13H,1-3,5-6,9-10,12,19H2,(H2,18,21)(H,20,22);3-5H,6H2,1-2H3,(H4,12,13,14,15). The van der Waals surface area contributed by atoms with Crippen LogP contribution in [0.2, 0.25) is 0 Å². The maximum Gasteiger partial charge on any atom is 0.253 e. The van der Waals surface area contributed by atoms with Gasteiger partial charge in [-0.1, -0.05) is 68.5 Å². The minimum atomic E-state index is -0.321. The summed E-state index contributed by atoms with van der Waals surface area (Å²) >= 11 is 0. The lowest BCUT2D eigenvalue weighted by atomic mass is 9.86. The van der Waals surface area contributed by atoms with E-state index in [-0.39, 0.29) is 24.2 Å². The number of amidine groups is 1. The molecule has 200 valence electrons. The number of guanidine groups is 1. The van der Waals surface area contributed by atoms with Crippen LogP contribution in [-0.4, -0.2) is 23.6 Å². The fraction of sp³-hybridized carbons (Fsp3) is 0.429. The predicted molar refractivity (Wildman–Crippen MR) is 149 cm³/mol. The van der Waals surface area contributed by atoms with Crippen molar-refractivity contribution in [3.63, 3.8) is 0 Å². The third kappa shape index (κ3) is 11.2. The van der Waals surface area contributed by atoms with Gasteiger partial charge < -0.3 is 28.4 Å². The Balaban J connectivity index is 0.000000281. The summed E-state index contributed by atoms with van der Waals surface area (Å²) in [7, 11) is 0. The van der Waals surface area contributed by atoms with Gasteiger partial charge in [-0.05, 0) is 54.5 Å². The van der Waals surface area contributed by atoms with E-state index in [0.717, 1.165) is 34.6 Å². The van der Waals surface area contributed by atoms with Crippen LogP contribution in [-0.2, 0) is 22.6 Å². The van der Waals surface area contributed by atoms with Crippen LogP contribution >= 0.6 is 0 Å². The Bertz CT molecular complexity index is 1100. The molecular weight excluding hydrogens is 466 g/mol. The Hall–Kier alpha value is -3.88. The van der Waals surface area contributed by atoms with Crippen molar-refractivity contribution >= 4 is 23.6 Å². The van der Waals surface area contributed by atoms with Gasteiger partial charge in [0.15, 0.2) is 5.96 Å². The number of carbonyl (C=O) groups is 2. The number of hydrazone groups is 1. The van der Waals surface area contributed by atoms with Gasteiger partial charge >= 0.3 is 0 Å². The number of nitrogens with zero attached hydrogens (tertiary/aromatic N) is 2. The number of rotatable bonds is 8. The molecule has 2 aromatic carbocycles. The monoisotopic (exact) mass is 507 g/mol. The van der Waals surface area contributed by atoms with Gasteiger partial charge in [-0.2, -0.15) is 10.1 Å². The minimum Gasteiger partial charge on any atom is -0.382 e.